The van der Waals surface area contributed by atoms with Crippen molar-refractivity contribution in [3.8, 4) is 0 Å². The van der Waals surface area contributed by atoms with E-state index in [0.29, 0.717) is 32.4 Å². The molecular formula is C25H31N3O4S. The summed E-state index contributed by atoms with van der Waals surface area (Å²) < 4.78 is 28.0. The van der Waals surface area contributed by atoms with Gasteiger partial charge in [0.1, 0.15) is 0 Å². The van der Waals surface area contributed by atoms with E-state index < -0.39 is 10.0 Å². The smallest absolute Gasteiger partial charge is 0.243 e. The molecule has 4 rings (SSSR count). The first kappa shape index (κ1) is 23.4. The van der Waals surface area contributed by atoms with Gasteiger partial charge in [-0.2, -0.15) is 4.31 Å². The second-order valence-corrected chi connectivity index (χ2v) is 11.2. The highest BCUT2D eigenvalue weighted by atomic mass is 32.2. The van der Waals surface area contributed by atoms with E-state index >= 15 is 0 Å². The zero-order valence-corrected chi connectivity index (χ0v) is 20.4. The topological polar surface area (TPSA) is 86.8 Å². The maximum absolute atomic E-state index is 13.3. The summed E-state index contributed by atoms with van der Waals surface area (Å²) in [6.45, 7) is 8.08. The lowest BCUT2D eigenvalue weighted by atomic mass is 9.97. The fraction of sp³-hybridized carbons (Fsp3) is 0.440. The van der Waals surface area contributed by atoms with Gasteiger partial charge in [0.2, 0.25) is 21.8 Å². The number of nitrogens with zero attached hydrogens (tertiary/aromatic N) is 2. The standard InChI is InChI=1S/C25H31N3O4S/c1-16-11-17(2)13-22(12-16)26-25(30)20-7-9-27(10-8-20)33(31,32)23-5-6-24-21(15-23)14-18(3)28(24)19(4)29/h5-6,11-13,15,18,20H,7-10,14H2,1-4H3,(H,26,30)/t18-/m0/s1. The number of aryl methyl sites for hydroxylation is 2. The average molecular weight is 470 g/mol. The molecule has 0 aliphatic carbocycles. The second-order valence-electron chi connectivity index (χ2n) is 9.28. The molecule has 2 aromatic carbocycles. The molecule has 1 fully saturated rings. The van der Waals surface area contributed by atoms with E-state index in [4.69, 9.17) is 0 Å². The third kappa shape index (κ3) is 4.68. The Morgan fingerprint density at radius 1 is 1.00 bits per heavy atom. The van der Waals surface area contributed by atoms with Gasteiger partial charge in [-0.1, -0.05) is 6.07 Å². The third-order valence-corrected chi connectivity index (χ3v) is 8.45. The van der Waals surface area contributed by atoms with Crippen molar-refractivity contribution in [3.63, 3.8) is 0 Å². The van der Waals surface area contributed by atoms with E-state index in [2.05, 4.69) is 11.4 Å². The number of anilines is 2. The molecule has 176 valence electrons. The van der Waals surface area contributed by atoms with Crippen molar-refractivity contribution in [3.05, 3.63) is 53.1 Å². The van der Waals surface area contributed by atoms with Crippen molar-refractivity contribution in [2.24, 2.45) is 5.92 Å². The Morgan fingerprint density at radius 3 is 2.24 bits per heavy atom. The van der Waals surface area contributed by atoms with Crippen LogP contribution in [-0.2, 0) is 26.0 Å². The highest BCUT2D eigenvalue weighted by Gasteiger charge is 2.34. The van der Waals surface area contributed by atoms with Crippen molar-refractivity contribution in [2.45, 2.75) is 57.9 Å². The number of hydrogen-bond acceptors (Lipinski definition) is 4. The quantitative estimate of drug-likeness (QED) is 0.741. The van der Waals surface area contributed by atoms with E-state index in [9.17, 15) is 18.0 Å². The molecule has 1 atom stereocenters. The Labute approximate surface area is 195 Å². The number of hydrogen-bond donors (Lipinski definition) is 1. The molecule has 0 bridgehead atoms. The van der Waals surface area contributed by atoms with E-state index in [1.54, 1.807) is 23.1 Å². The molecule has 2 heterocycles. The van der Waals surface area contributed by atoms with E-state index in [-0.39, 0.29) is 28.7 Å². The molecule has 0 unspecified atom stereocenters. The molecule has 33 heavy (non-hydrogen) atoms. The van der Waals surface area contributed by atoms with Gasteiger partial charge in [-0.05, 0) is 87.1 Å². The maximum Gasteiger partial charge on any atom is 0.243 e. The van der Waals surface area contributed by atoms with Crippen LogP contribution in [-0.4, -0.2) is 43.7 Å². The Balaban J connectivity index is 1.43. The molecular weight excluding hydrogens is 438 g/mol. The van der Waals surface area contributed by atoms with Gasteiger partial charge in [0.25, 0.3) is 0 Å². The number of benzene rings is 2. The average Bonchev–Trinajstić information content (AvgIpc) is 3.08. The SMILES string of the molecule is CC(=O)N1c2ccc(S(=O)(=O)N3CCC(C(=O)Nc4cc(C)cc(C)c4)CC3)cc2C[C@@H]1C. The first-order valence-electron chi connectivity index (χ1n) is 11.4. The molecule has 0 saturated carbocycles. The minimum absolute atomic E-state index is 0.0156. The zero-order chi connectivity index (χ0) is 23.9. The van der Waals surface area contributed by atoms with Crippen molar-refractivity contribution in [1.82, 2.24) is 4.31 Å². The number of fused-ring (bicyclic) bond motifs is 1. The van der Waals surface area contributed by atoms with Gasteiger partial charge in [0.05, 0.1) is 4.90 Å². The largest absolute Gasteiger partial charge is 0.326 e. The highest BCUT2D eigenvalue weighted by Crippen LogP contribution is 2.35. The molecule has 2 amide bonds. The second kappa shape index (κ2) is 8.91. The van der Waals surface area contributed by atoms with E-state index in [1.807, 2.05) is 32.9 Å². The molecule has 2 aliphatic rings. The molecule has 1 N–H and O–H groups in total. The number of sulfonamides is 1. The third-order valence-electron chi connectivity index (χ3n) is 6.56. The Hall–Kier alpha value is -2.71. The number of amides is 2. The molecule has 2 aromatic rings. The fourth-order valence-corrected chi connectivity index (χ4v) is 6.57. The summed E-state index contributed by atoms with van der Waals surface area (Å²) >= 11 is 0. The predicted molar refractivity (Wildman–Crippen MR) is 129 cm³/mol. The summed E-state index contributed by atoms with van der Waals surface area (Å²) in [5, 5.41) is 2.99. The van der Waals surface area contributed by atoms with Gasteiger partial charge in [-0.25, -0.2) is 8.42 Å². The number of carbonyl (C=O) groups is 2. The highest BCUT2D eigenvalue weighted by molar-refractivity contribution is 7.89. The molecule has 2 aliphatic heterocycles. The number of rotatable bonds is 4. The zero-order valence-electron chi connectivity index (χ0n) is 19.6. The van der Waals surface area contributed by atoms with Gasteiger partial charge >= 0.3 is 0 Å². The number of nitrogens with one attached hydrogen (secondary N) is 1. The molecule has 0 aromatic heterocycles. The summed E-state index contributed by atoms with van der Waals surface area (Å²) in [5.74, 6) is -0.326. The maximum atomic E-state index is 13.3. The minimum Gasteiger partial charge on any atom is -0.326 e. The first-order chi connectivity index (χ1) is 15.6. The lowest BCUT2D eigenvalue weighted by Gasteiger charge is -2.30. The monoisotopic (exact) mass is 469 g/mol. The van der Waals surface area contributed by atoms with Crippen LogP contribution in [0, 0.1) is 19.8 Å². The Bertz CT molecular complexity index is 1180. The van der Waals surface area contributed by atoms with Gasteiger partial charge in [-0.15, -0.1) is 0 Å². The summed E-state index contributed by atoms with van der Waals surface area (Å²) in [7, 11) is -3.66. The van der Waals surface area contributed by atoms with Crippen molar-refractivity contribution in [2.75, 3.05) is 23.3 Å². The summed E-state index contributed by atoms with van der Waals surface area (Å²) in [6, 6.07) is 11.0. The van der Waals surface area contributed by atoms with Gasteiger partial charge in [0, 0.05) is 43.3 Å². The van der Waals surface area contributed by atoms with Gasteiger partial charge < -0.3 is 10.2 Å². The first-order valence-corrected chi connectivity index (χ1v) is 12.8. The number of carbonyl (C=O) groups excluding carboxylic acids is 2. The number of piperidine rings is 1. The van der Waals surface area contributed by atoms with Crippen LogP contribution in [0.5, 0.6) is 0 Å². The lowest BCUT2D eigenvalue weighted by molar-refractivity contribution is -0.121. The summed E-state index contributed by atoms with van der Waals surface area (Å²) in [6.07, 6.45) is 1.60. The molecule has 0 spiro atoms. The van der Waals surface area contributed by atoms with Crippen LogP contribution in [0.4, 0.5) is 11.4 Å². The normalized spacial score (nSPS) is 19.4. The van der Waals surface area contributed by atoms with E-state index in [0.717, 1.165) is 28.1 Å². The van der Waals surface area contributed by atoms with Crippen molar-refractivity contribution in [1.29, 1.82) is 0 Å². The predicted octanol–water partition coefficient (Wildman–Crippen LogP) is 3.64. The van der Waals surface area contributed by atoms with Crippen LogP contribution in [0.3, 0.4) is 0 Å². The van der Waals surface area contributed by atoms with Crippen LogP contribution >= 0.6 is 0 Å². The lowest BCUT2D eigenvalue weighted by Crippen LogP contribution is -2.41. The van der Waals surface area contributed by atoms with Gasteiger partial charge in [0.15, 0.2) is 0 Å². The minimum atomic E-state index is -3.66. The molecule has 8 heteroatoms. The van der Waals surface area contributed by atoms with Gasteiger partial charge in [-0.3, -0.25) is 9.59 Å². The Kier molecular flexibility index (Phi) is 6.33. The Morgan fingerprint density at radius 2 is 1.64 bits per heavy atom. The van der Waals surface area contributed by atoms with Crippen molar-refractivity contribution < 1.29 is 18.0 Å². The summed E-state index contributed by atoms with van der Waals surface area (Å²) in [5.41, 5.74) is 4.61. The van der Waals surface area contributed by atoms with Crippen LogP contribution < -0.4 is 10.2 Å². The fourth-order valence-electron chi connectivity index (χ4n) is 5.05. The van der Waals surface area contributed by atoms with Crippen molar-refractivity contribution >= 4 is 33.2 Å². The molecule has 0 radical (unpaired) electrons. The molecule has 7 nitrogen and oxygen atoms in total. The van der Waals surface area contributed by atoms with Crippen LogP contribution in [0.2, 0.25) is 0 Å². The summed E-state index contributed by atoms with van der Waals surface area (Å²) in [4.78, 5) is 26.7. The van der Waals surface area contributed by atoms with Crippen LogP contribution in [0.25, 0.3) is 0 Å². The van der Waals surface area contributed by atoms with Crippen LogP contribution in [0.15, 0.2) is 41.3 Å². The molecule has 1 saturated heterocycles. The van der Waals surface area contributed by atoms with Crippen LogP contribution in [0.1, 0.15) is 43.4 Å². The van der Waals surface area contributed by atoms with E-state index in [1.165, 1.54) is 11.2 Å².